The molecule has 1 aromatic heterocycles. The molecule has 3 rings (SSSR count). The summed E-state index contributed by atoms with van der Waals surface area (Å²) in [6, 6.07) is 16.5. The first-order chi connectivity index (χ1) is 11.5. The lowest BCUT2D eigenvalue weighted by atomic mass is 10.1. The first-order valence-corrected chi connectivity index (χ1v) is 7.22. The maximum Gasteiger partial charge on any atom is 0.363 e. The first-order valence-electron chi connectivity index (χ1n) is 7.22. The van der Waals surface area contributed by atoms with Crippen LogP contribution in [0.4, 0.5) is 17.6 Å². The number of nitrogens with zero attached hydrogens (tertiary/aromatic N) is 1. The van der Waals surface area contributed by atoms with E-state index < -0.39 is 18.1 Å². The molecule has 24 heavy (non-hydrogen) atoms. The lowest BCUT2D eigenvalue weighted by Gasteiger charge is -2.14. The quantitative estimate of drug-likeness (QED) is 0.623. The van der Waals surface area contributed by atoms with E-state index in [-0.39, 0.29) is 17.5 Å². The van der Waals surface area contributed by atoms with E-state index in [2.05, 4.69) is 4.99 Å². The standard InChI is InChI=1S/C18H13F4NO/c19-17(20)18(21,22)16-10-14(13-8-4-5-9-15(13)24-16)23-11-12-6-2-1-3-7-12/h1-10,17H,11H2. The molecule has 0 N–H and O–H groups in total. The third kappa shape index (κ3) is 3.18. The molecule has 2 nitrogen and oxygen atoms in total. The van der Waals surface area contributed by atoms with Crippen LogP contribution in [0, 0.1) is 0 Å². The smallest absolute Gasteiger partial charge is 0.363 e. The highest BCUT2D eigenvalue weighted by atomic mass is 19.3. The van der Waals surface area contributed by atoms with Gasteiger partial charge in [0.05, 0.1) is 11.9 Å². The van der Waals surface area contributed by atoms with Gasteiger partial charge in [0.2, 0.25) is 0 Å². The largest absolute Gasteiger partial charge is 0.454 e. The molecule has 0 atom stereocenters. The molecule has 3 aromatic rings. The van der Waals surface area contributed by atoms with Gasteiger partial charge in [-0.05, 0) is 17.7 Å². The van der Waals surface area contributed by atoms with Crippen LogP contribution in [0.3, 0.4) is 0 Å². The molecule has 124 valence electrons. The van der Waals surface area contributed by atoms with Crippen molar-refractivity contribution in [3.8, 4) is 0 Å². The van der Waals surface area contributed by atoms with E-state index in [9.17, 15) is 17.6 Å². The highest BCUT2D eigenvalue weighted by molar-refractivity contribution is 5.76. The van der Waals surface area contributed by atoms with Crippen LogP contribution in [0.15, 0.2) is 70.1 Å². The van der Waals surface area contributed by atoms with Gasteiger partial charge in [-0.25, -0.2) is 8.78 Å². The van der Waals surface area contributed by atoms with E-state index in [0.717, 1.165) is 11.6 Å². The third-order valence-electron chi connectivity index (χ3n) is 3.53. The molecular weight excluding hydrogens is 322 g/mol. The van der Waals surface area contributed by atoms with E-state index in [0.29, 0.717) is 5.39 Å². The van der Waals surface area contributed by atoms with Gasteiger partial charge in [0.25, 0.3) is 0 Å². The number of rotatable bonds is 4. The van der Waals surface area contributed by atoms with Crippen molar-refractivity contribution < 1.29 is 22.0 Å². The zero-order chi connectivity index (χ0) is 17.2. The summed E-state index contributed by atoms with van der Waals surface area (Å²) < 4.78 is 57.6. The van der Waals surface area contributed by atoms with Gasteiger partial charge in [0.1, 0.15) is 5.58 Å². The second-order valence-electron chi connectivity index (χ2n) is 5.22. The average Bonchev–Trinajstić information content (AvgIpc) is 2.60. The van der Waals surface area contributed by atoms with Gasteiger partial charge < -0.3 is 4.42 Å². The molecule has 0 amide bonds. The Morgan fingerprint density at radius 1 is 0.958 bits per heavy atom. The first kappa shape index (κ1) is 16.2. The molecule has 0 saturated heterocycles. The molecular formula is C18H13F4NO. The molecule has 0 bridgehead atoms. The second-order valence-corrected chi connectivity index (χ2v) is 5.22. The molecule has 1 heterocycles. The Morgan fingerprint density at radius 2 is 1.62 bits per heavy atom. The summed E-state index contributed by atoms with van der Waals surface area (Å²) in [5, 5.41) is 0.679. The van der Waals surface area contributed by atoms with Gasteiger partial charge in [-0.3, -0.25) is 4.99 Å². The maximum absolute atomic E-state index is 13.7. The zero-order valence-corrected chi connectivity index (χ0v) is 12.4. The van der Waals surface area contributed by atoms with Crippen molar-refractivity contribution in [3.05, 3.63) is 77.3 Å². The van der Waals surface area contributed by atoms with Crippen LogP contribution in [0.5, 0.6) is 0 Å². The number of benzene rings is 2. The van der Waals surface area contributed by atoms with Gasteiger partial charge in [-0.2, -0.15) is 8.78 Å². The minimum atomic E-state index is -4.37. The van der Waals surface area contributed by atoms with Crippen LogP contribution in [0.2, 0.25) is 0 Å². The topological polar surface area (TPSA) is 25.5 Å². The fourth-order valence-electron chi connectivity index (χ4n) is 2.28. The van der Waals surface area contributed by atoms with Crippen molar-refractivity contribution in [1.82, 2.24) is 0 Å². The number of hydrogen-bond acceptors (Lipinski definition) is 2. The SMILES string of the molecule is FC(F)C(F)(F)c1cc(=NCc2ccccc2)c2ccccc2o1. The van der Waals surface area contributed by atoms with Crippen LogP contribution in [0.1, 0.15) is 11.3 Å². The molecule has 0 aliphatic rings. The lowest BCUT2D eigenvalue weighted by molar-refractivity contribution is -0.147. The van der Waals surface area contributed by atoms with Crippen molar-refractivity contribution in [2.24, 2.45) is 4.99 Å². The number of halogens is 4. The minimum Gasteiger partial charge on any atom is -0.454 e. The Kier molecular flexibility index (Phi) is 4.38. The van der Waals surface area contributed by atoms with Crippen molar-refractivity contribution in [3.63, 3.8) is 0 Å². The van der Waals surface area contributed by atoms with E-state index >= 15 is 0 Å². The summed E-state index contributed by atoms with van der Waals surface area (Å²) in [4.78, 5) is 4.30. The van der Waals surface area contributed by atoms with Gasteiger partial charge in [0.15, 0.2) is 5.76 Å². The molecule has 0 aliphatic heterocycles. The molecule has 0 aliphatic carbocycles. The number of fused-ring (bicyclic) bond motifs is 1. The summed E-state index contributed by atoms with van der Waals surface area (Å²) in [7, 11) is 0. The molecule has 2 aromatic carbocycles. The normalized spacial score (nSPS) is 13.0. The van der Waals surface area contributed by atoms with Crippen LogP contribution >= 0.6 is 0 Å². The fraction of sp³-hybridized carbons (Fsp3) is 0.167. The van der Waals surface area contributed by atoms with E-state index in [1.165, 1.54) is 6.07 Å². The molecule has 0 fully saturated rings. The van der Waals surface area contributed by atoms with Gasteiger partial charge in [0, 0.05) is 11.5 Å². The summed E-state index contributed by atoms with van der Waals surface area (Å²) in [5.41, 5.74) is 0.965. The van der Waals surface area contributed by atoms with E-state index in [1.54, 1.807) is 18.2 Å². The number of para-hydroxylation sites is 1. The van der Waals surface area contributed by atoms with Crippen LogP contribution in [0.25, 0.3) is 11.0 Å². The second kappa shape index (κ2) is 6.47. The highest BCUT2D eigenvalue weighted by Crippen LogP contribution is 2.34. The van der Waals surface area contributed by atoms with Gasteiger partial charge in [-0.15, -0.1) is 0 Å². The van der Waals surface area contributed by atoms with Crippen molar-refractivity contribution in [2.45, 2.75) is 18.9 Å². The average molecular weight is 335 g/mol. The zero-order valence-electron chi connectivity index (χ0n) is 12.4. The summed E-state index contributed by atoms with van der Waals surface area (Å²) in [5.74, 6) is -5.47. The van der Waals surface area contributed by atoms with Gasteiger partial charge in [-0.1, -0.05) is 42.5 Å². The van der Waals surface area contributed by atoms with Crippen molar-refractivity contribution in [1.29, 1.82) is 0 Å². The monoisotopic (exact) mass is 335 g/mol. The summed E-state index contributed by atoms with van der Waals surface area (Å²) in [6.45, 7) is 0.245. The molecule has 0 unspecified atom stereocenters. The number of alkyl halides is 4. The van der Waals surface area contributed by atoms with Crippen LogP contribution < -0.4 is 5.36 Å². The van der Waals surface area contributed by atoms with Crippen molar-refractivity contribution in [2.75, 3.05) is 0 Å². The molecule has 6 heteroatoms. The van der Waals surface area contributed by atoms with Crippen LogP contribution in [-0.2, 0) is 12.5 Å². The molecule has 0 spiro atoms. The Labute approximate surface area is 135 Å². The minimum absolute atomic E-state index is 0.0853. The third-order valence-corrected chi connectivity index (χ3v) is 3.53. The Morgan fingerprint density at radius 3 is 2.33 bits per heavy atom. The Balaban J connectivity index is 2.15. The predicted molar refractivity (Wildman–Crippen MR) is 81.8 cm³/mol. The van der Waals surface area contributed by atoms with E-state index in [1.807, 2.05) is 30.3 Å². The molecule has 0 saturated carbocycles. The summed E-state index contributed by atoms with van der Waals surface area (Å²) in [6.07, 6.45) is -3.86. The van der Waals surface area contributed by atoms with Crippen molar-refractivity contribution >= 4 is 11.0 Å². The maximum atomic E-state index is 13.7. The Hall–Kier alpha value is -2.63. The van der Waals surface area contributed by atoms with Crippen LogP contribution in [-0.4, -0.2) is 6.43 Å². The highest BCUT2D eigenvalue weighted by Gasteiger charge is 2.45. The van der Waals surface area contributed by atoms with E-state index in [4.69, 9.17) is 4.42 Å². The fourth-order valence-corrected chi connectivity index (χ4v) is 2.28. The van der Waals surface area contributed by atoms with Gasteiger partial charge >= 0.3 is 12.3 Å². The Bertz CT molecular complexity index is 904. The lowest BCUT2D eigenvalue weighted by Crippen LogP contribution is -2.25. The number of hydrogen-bond donors (Lipinski definition) is 0. The summed E-state index contributed by atoms with van der Waals surface area (Å²) >= 11 is 0. The predicted octanol–water partition coefficient (Wildman–Crippen LogP) is 4.89. The molecule has 0 radical (unpaired) electrons.